The molecule has 0 N–H and O–H groups in total. The van der Waals surface area contributed by atoms with E-state index in [1.807, 2.05) is 0 Å². The zero-order valence-electron chi connectivity index (χ0n) is 11.8. The van der Waals surface area contributed by atoms with E-state index in [1.54, 1.807) is 4.90 Å². The van der Waals surface area contributed by atoms with Gasteiger partial charge in [0.2, 0.25) is 5.91 Å². The van der Waals surface area contributed by atoms with E-state index < -0.39 is 6.04 Å². The van der Waals surface area contributed by atoms with Gasteiger partial charge in [0, 0.05) is 13.0 Å². The van der Waals surface area contributed by atoms with Gasteiger partial charge in [-0.2, -0.15) is 0 Å². The molecule has 1 aliphatic rings. The van der Waals surface area contributed by atoms with Crippen molar-refractivity contribution < 1.29 is 23.9 Å². The number of alkyl halides is 1. The average molecular weight is 350 g/mol. The summed E-state index contributed by atoms with van der Waals surface area (Å²) in [5, 5.41) is 0. The van der Waals surface area contributed by atoms with Crippen LogP contribution in [0, 0.1) is 0 Å². The minimum Gasteiger partial charge on any atom is -0.468 e. The van der Waals surface area contributed by atoms with Crippen LogP contribution in [0.1, 0.15) is 32.1 Å². The number of ether oxygens (including phenoxy) is 2. The highest BCUT2D eigenvalue weighted by Gasteiger charge is 2.36. The van der Waals surface area contributed by atoms with Crippen LogP contribution < -0.4 is 0 Å². The fraction of sp³-hybridized carbons (Fsp3) is 0.769. The third-order valence-corrected chi connectivity index (χ3v) is 4.20. The highest BCUT2D eigenvalue weighted by Crippen LogP contribution is 2.21. The number of hydrogen-bond acceptors (Lipinski definition) is 5. The van der Waals surface area contributed by atoms with E-state index in [4.69, 9.17) is 4.74 Å². The van der Waals surface area contributed by atoms with Crippen molar-refractivity contribution in [3.63, 3.8) is 0 Å². The minimum absolute atomic E-state index is 0.0104. The Morgan fingerprint density at radius 2 is 2.05 bits per heavy atom. The summed E-state index contributed by atoms with van der Waals surface area (Å²) in [7, 11) is 2.68. The Bertz CT molecular complexity index is 374. The van der Waals surface area contributed by atoms with Crippen LogP contribution in [0.15, 0.2) is 0 Å². The normalized spacial score (nSPS) is 19.9. The second kappa shape index (κ2) is 8.24. The molecular formula is C13H20BrNO5. The lowest BCUT2D eigenvalue weighted by Crippen LogP contribution is -2.39. The van der Waals surface area contributed by atoms with Crippen LogP contribution in [0.5, 0.6) is 0 Å². The first kappa shape index (κ1) is 16.9. The lowest BCUT2D eigenvalue weighted by molar-refractivity contribution is -0.149. The van der Waals surface area contributed by atoms with E-state index in [-0.39, 0.29) is 22.7 Å². The Labute approximate surface area is 126 Å². The molecule has 1 saturated heterocycles. The van der Waals surface area contributed by atoms with E-state index in [0.717, 1.165) is 12.8 Å². The van der Waals surface area contributed by atoms with Crippen molar-refractivity contribution in [1.82, 2.24) is 4.90 Å². The molecule has 0 bridgehead atoms. The highest BCUT2D eigenvalue weighted by molar-refractivity contribution is 9.10. The fourth-order valence-corrected chi connectivity index (χ4v) is 2.76. The van der Waals surface area contributed by atoms with Gasteiger partial charge in [-0.25, -0.2) is 4.79 Å². The Kier molecular flexibility index (Phi) is 6.98. The molecule has 1 rings (SSSR count). The molecule has 0 aromatic rings. The Morgan fingerprint density at radius 1 is 1.35 bits per heavy atom. The number of carbonyl (C=O) groups excluding carboxylic acids is 3. The number of nitrogens with zero attached hydrogens (tertiary/aromatic N) is 1. The monoisotopic (exact) mass is 349 g/mol. The van der Waals surface area contributed by atoms with Crippen LogP contribution in [0.25, 0.3) is 0 Å². The molecule has 2 atom stereocenters. The molecule has 0 saturated carbocycles. The lowest BCUT2D eigenvalue weighted by atomic mass is 10.1. The maximum absolute atomic E-state index is 11.7. The first-order valence-electron chi connectivity index (χ1n) is 6.60. The number of likely N-dealkylation sites (tertiary alicyclic amines) is 1. The molecule has 0 spiro atoms. The van der Waals surface area contributed by atoms with Crippen LogP contribution in [0.3, 0.4) is 0 Å². The number of hydrogen-bond donors (Lipinski definition) is 0. The number of methoxy groups -OCH3 is 2. The summed E-state index contributed by atoms with van der Waals surface area (Å²) >= 11 is 3.25. The zero-order valence-corrected chi connectivity index (χ0v) is 13.3. The number of amides is 1. The summed E-state index contributed by atoms with van der Waals surface area (Å²) in [6.45, 7) is 0.513. The molecule has 20 heavy (non-hydrogen) atoms. The fourth-order valence-electron chi connectivity index (χ4n) is 2.25. The van der Waals surface area contributed by atoms with Crippen molar-refractivity contribution in [2.24, 2.45) is 0 Å². The standard InChI is InChI=1S/C13H20BrNO5/c1-19-12(17)9(14)5-3-4-8-15-10(13(18)20-2)6-7-11(15)16/h9-10H,3-8H2,1-2H3. The number of carbonyl (C=O) groups is 3. The summed E-state index contributed by atoms with van der Waals surface area (Å²) in [6, 6.07) is -0.451. The third-order valence-electron chi connectivity index (χ3n) is 3.36. The quantitative estimate of drug-likeness (QED) is 0.393. The van der Waals surface area contributed by atoms with E-state index in [0.29, 0.717) is 25.8 Å². The summed E-state index contributed by atoms with van der Waals surface area (Å²) in [5.74, 6) is -0.665. The van der Waals surface area contributed by atoms with Crippen molar-refractivity contribution in [3.05, 3.63) is 0 Å². The molecule has 1 aliphatic heterocycles. The molecular weight excluding hydrogens is 330 g/mol. The van der Waals surface area contributed by atoms with Crippen LogP contribution in [-0.2, 0) is 23.9 Å². The van der Waals surface area contributed by atoms with Gasteiger partial charge >= 0.3 is 11.9 Å². The lowest BCUT2D eigenvalue weighted by Gasteiger charge is -2.22. The van der Waals surface area contributed by atoms with E-state index in [2.05, 4.69) is 20.7 Å². The van der Waals surface area contributed by atoms with Crippen molar-refractivity contribution in [3.8, 4) is 0 Å². The number of halogens is 1. The second-order valence-electron chi connectivity index (χ2n) is 4.65. The number of unbranched alkanes of at least 4 members (excludes halogenated alkanes) is 1. The van der Waals surface area contributed by atoms with E-state index in [1.165, 1.54) is 14.2 Å². The molecule has 0 aromatic heterocycles. The molecule has 0 aromatic carbocycles. The zero-order chi connectivity index (χ0) is 15.1. The van der Waals surface area contributed by atoms with Crippen LogP contribution >= 0.6 is 15.9 Å². The molecule has 7 heteroatoms. The minimum atomic E-state index is -0.451. The molecule has 1 heterocycles. The van der Waals surface area contributed by atoms with Gasteiger partial charge in [0.15, 0.2) is 0 Å². The summed E-state index contributed by atoms with van der Waals surface area (Å²) in [4.78, 5) is 35.7. The van der Waals surface area contributed by atoms with Crippen molar-refractivity contribution in [2.45, 2.75) is 43.0 Å². The highest BCUT2D eigenvalue weighted by atomic mass is 79.9. The van der Waals surface area contributed by atoms with Crippen LogP contribution in [0.4, 0.5) is 0 Å². The van der Waals surface area contributed by atoms with E-state index >= 15 is 0 Å². The van der Waals surface area contributed by atoms with Gasteiger partial charge in [0.1, 0.15) is 10.9 Å². The Balaban J connectivity index is 2.34. The van der Waals surface area contributed by atoms with Crippen LogP contribution in [-0.4, -0.2) is 54.4 Å². The van der Waals surface area contributed by atoms with Gasteiger partial charge in [-0.1, -0.05) is 15.9 Å². The number of rotatable bonds is 7. The van der Waals surface area contributed by atoms with Crippen molar-refractivity contribution in [1.29, 1.82) is 0 Å². The molecule has 0 radical (unpaired) electrons. The van der Waals surface area contributed by atoms with Gasteiger partial charge < -0.3 is 14.4 Å². The van der Waals surface area contributed by atoms with Crippen molar-refractivity contribution >= 4 is 33.8 Å². The Hall–Kier alpha value is -1.11. The van der Waals surface area contributed by atoms with E-state index in [9.17, 15) is 14.4 Å². The first-order chi connectivity index (χ1) is 9.51. The smallest absolute Gasteiger partial charge is 0.328 e. The maximum Gasteiger partial charge on any atom is 0.328 e. The molecule has 1 amide bonds. The SMILES string of the molecule is COC(=O)C(Br)CCCCN1C(=O)CCC1C(=O)OC. The molecule has 114 valence electrons. The van der Waals surface area contributed by atoms with Gasteiger partial charge in [-0.05, 0) is 25.7 Å². The third kappa shape index (κ3) is 4.47. The predicted molar refractivity (Wildman–Crippen MR) is 75.3 cm³/mol. The van der Waals surface area contributed by atoms with Gasteiger partial charge in [-0.15, -0.1) is 0 Å². The maximum atomic E-state index is 11.7. The molecule has 6 nitrogen and oxygen atoms in total. The summed E-state index contributed by atoms with van der Waals surface area (Å²) in [5.41, 5.74) is 0. The van der Waals surface area contributed by atoms with Gasteiger partial charge in [0.05, 0.1) is 14.2 Å². The molecule has 0 aliphatic carbocycles. The average Bonchev–Trinajstić information content (AvgIpc) is 2.82. The largest absolute Gasteiger partial charge is 0.468 e. The topological polar surface area (TPSA) is 72.9 Å². The molecule has 1 fully saturated rings. The Morgan fingerprint density at radius 3 is 2.65 bits per heavy atom. The second-order valence-corrected chi connectivity index (χ2v) is 5.76. The van der Waals surface area contributed by atoms with Gasteiger partial charge in [0.25, 0.3) is 0 Å². The van der Waals surface area contributed by atoms with Crippen LogP contribution in [0.2, 0.25) is 0 Å². The van der Waals surface area contributed by atoms with Gasteiger partial charge in [-0.3, -0.25) is 9.59 Å². The summed E-state index contributed by atoms with van der Waals surface area (Å²) in [6.07, 6.45) is 3.05. The first-order valence-corrected chi connectivity index (χ1v) is 7.52. The molecule has 2 unspecified atom stereocenters. The summed E-state index contributed by atoms with van der Waals surface area (Å²) < 4.78 is 9.31. The number of esters is 2. The predicted octanol–water partition coefficient (Wildman–Crippen LogP) is 1.26. The van der Waals surface area contributed by atoms with Crippen molar-refractivity contribution in [2.75, 3.05) is 20.8 Å².